The molecule has 154 valence electrons. The number of nitrogens with one attached hydrogen (secondary N) is 2. The smallest absolute Gasteiger partial charge is 0.387 e. The third-order valence-corrected chi connectivity index (χ3v) is 3.61. The highest BCUT2D eigenvalue weighted by Crippen LogP contribution is 2.26. The van der Waals surface area contributed by atoms with Crippen LogP contribution in [-0.4, -0.2) is 26.2 Å². The molecule has 2 aromatic rings. The molecule has 0 spiro atoms. The Kier molecular flexibility index (Phi) is 10.5. The zero-order chi connectivity index (χ0) is 19.6. The van der Waals surface area contributed by atoms with Gasteiger partial charge in [-0.1, -0.05) is 12.1 Å². The summed E-state index contributed by atoms with van der Waals surface area (Å²) in [6.45, 7) is 0.169. The van der Waals surface area contributed by atoms with Crippen LogP contribution in [-0.2, 0) is 13.1 Å². The van der Waals surface area contributed by atoms with Crippen molar-refractivity contribution in [3.63, 3.8) is 0 Å². The first-order chi connectivity index (χ1) is 13.0. The average molecular weight is 509 g/mol. The topological polar surface area (TPSA) is 54.9 Å². The van der Waals surface area contributed by atoms with Gasteiger partial charge < -0.3 is 20.1 Å². The maximum Gasteiger partial charge on any atom is 0.387 e. The standard InChI is InChI=1S/C19H22F3N3O2.HI/c1-3-23-19(24-11-13-4-7-15(20)8-5-13)25-12-14-6-9-16(26-2)10-17(14)27-18(21)22;/h4-10,18H,3,11-12H2,1-2H3,(H2,23,24,25);1H. The Morgan fingerprint density at radius 3 is 2.43 bits per heavy atom. The molecule has 0 saturated carbocycles. The van der Waals surface area contributed by atoms with Crippen LogP contribution in [0.4, 0.5) is 13.2 Å². The van der Waals surface area contributed by atoms with Gasteiger partial charge in [-0.25, -0.2) is 9.38 Å². The lowest BCUT2D eigenvalue weighted by molar-refractivity contribution is -0.0505. The lowest BCUT2D eigenvalue weighted by Gasteiger charge is -2.15. The van der Waals surface area contributed by atoms with Crippen molar-refractivity contribution in [1.82, 2.24) is 10.6 Å². The predicted octanol–water partition coefficient (Wildman–Crippen LogP) is 4.31. The molecule has 0 saturated heterocycles. The van der Waals surface area contributed by atoms with Crippen LogP contribution in [0.1, 0.15) is 18.1 Å². The molecule has 2 N–H and O–H groups in total. The number of rotatable bonds is 8. The zero-order valence-corrected chi connectivity index (χ0v) is 17.9. The van der Waals surface area contributed by atoms with Crippen LogP contribution in [0.25, 0.3) is 0 Å². The Morgan fingerprint density at radius 2 is 1.82 bits per heavy atom. The first-order valence-corrected chi connectivity index (χ1v) is 8.40. The Labute approximate surface area is 179 Å². The van der Waals surface area contributed by atoms with Crippen LogP contribution in [0.2, 0.25) is 0 Å². The number of ether oxygens (including phenoxy) is 2. The number of guanidine groups is 1. The van der Waals surface area contributed by atoms with Crippen molar-refractivity contribution in [2.45, 2.75) is 26.6 Å². The van der Waals surface area contributed by atoms with E-state index in [2.05, 4.69) is 20.4 Å². The fourth-order valence-electron chi connectivity index (χ4n) is 2.29. The SMILES string of the molecule is CCNC(=NCc1ccc(F)cc1)NCc1ccc(OC)cc1OC(F)F.I. The summed E-state index contributed by atoms with van der Waals surface area (Å²) in [6, 6.07) is 10.8. The number of methoxy groups -OCH3 is 1. The van der Waals surface area contributed by atoms with E-state index in [9.17, 15) is 13.2 Å². The van der Waals surface area contributed by atoms with Gasteiger partial charge >= 0.3 is 6.61 Å². The summed E-state index contributed by atoms with van der Waals surface area (Å²) >= 11 is 0. The van der Waals surface area contributed by atoms with E-state index in [0.29, 0.717) is 30.4 Å². The van der Waals surface area contributed by atoms with Gasteiger partial charge in [-0.2, -0.15) is 8.78 Å². The summed E-state index contributed by atoms with van der Waals surface area (Å²) in [4.78, 5) is 4.41. The minimum absolute atomic E-state index is 0. The highest BCUT2D eigenvalue weighted by molar-refractivity contribution is 14.0. The fraction of sp³-hybridized carbons (Fsp3) is 0.316. The summed E-state index contributed by atoms with van der Waals surface area (Å²) in [5.41, 5.74) is 1.38. The molecular weight excluding hydrogens is 486 g/mol. The lowest BCUT2D eigenvalue weighted by atomic mass is 10.2. The molecular formula is C19H23F3IN3O2. The lowest BCUT2D eigenvalue weighted by Crippen LogP contribution is -2.36. The average Bonchev–Trinajstić information content (AvgIpc) is 2.65. The van der Waals surface area contributed by atoms with E-state index >= 15 is 0 Å². The summed E-state index contributed by atoms with van der Waals surface area (Å²) in [7, 11) is 1.45. The largest absolute Gasteiger partial charge is 0.497 e. The van der Waals surface area contributed by atoms with Gasteiger partial charge in [0.05, 0.1) is 13.7 Å². The Balaban J connectivity index is 0.00000392. The van der Waals surface area contributed by atoms with Gasteiger partial charge in [0, 0.05) is 24.7 Å². The molecule has 2 aromatic carbocycles. The van der Waals surface area contributed by atoms with E-state index in [4.69, 9.17) is 4.74 Å². The number of hydrogen-bond donors (Lipinski definition) is 2. The van der Waals surface area contributed by atoms with Gasteiger partial charge in [-0.05, 0) is 36.8 Å². The molecule has 0 heterocycles. The maximum atomic E-state index is 13.0. The minimum Gasteiger partial charge on any atom is -0.497 e. The molecule has 0 radical (unpaired) electrons. The van der Waals surface area contributed by atoms with E-state index < -0.39 is 6.61 Å². The quantitative estimate of drug-likeness (QED) is 0.317. The first-order valence-electron chi connectivity index (χ1n) is 8.40. The molecule has 5 nitrogen and oxygen atoms in total. The van der Waals surface area contributed by atoms with E-state index in [-0.39, 0.29) is 42.1 Å². The Hall–Kier alpha value is -2.17. The van der Waals surface area contributed by atoms with E-state index in [1.54, 1.807) is 24.3 Å². The normalized spacial score (nSPS) is 11.0. The Bertz CT molecular complexity index is 759. The highest BCUT2D eigenvalue weighted by atomic mass is 127. The van der Waals surface area contributed by atoms with Crippen LogP contribution >= 0.6 is 24.0 Å². The van der Waals surface area contributed by atoms with E-state index in [0.717, 1.165) is 5.56 Å². The molecule has 0 bridgehead atoms. The number of alkyl halides is 2. The van der Waals surface area contributed by atoms with Crippen molar-refractivity contribution in [3.8, 4) is 11.5 Å². The van der Waals surface area contributed by atoms with Crippen molar-refractivity contribution >= 4 is 29.9 Å². The molecule has 28 heavy (non-hydrogen) atoms. The second-order valence-electron chi connectivity index (χ2n) is 5.53. The molecule has 0 aliphatic carbocycles. The maximum absolute atomic E-state index is 13.0. The molecule has 0 amide bonds. The summed E-state index contributed by atoms with van der Waals surface area (Å²) < 4.78 is 47.9. The molecule has 0 aliphatic heterocycles. The highest BCUT2D eigenvalue weighted by Gasteiger charge is 2.12. The van der Waals surface area contributed by atoms with Crippen LogP contribution in [0.5, 0.6) is 11.5 Å². The van der Waals surface area contributed by atoms with Crippen molar-refractivity contribution in [2.75, 3.05) is 13.7 Å². The number of aliphatic imine (C=N–C) groups is 1. The van der Waals surface area contributed by atoms with Crippen LogP contribution in [0.15, 0.2) is 47.5 Å². The van der Waals surface area contributed by atoms with Crippen LogP contribution < -0.4 is 20.1 Å². The monoisotopic (exact) mass is 509 g/mol. The predicted molar refractivity (Wildman–Crippen MR) is 113 cm³/mol. The second kappa shape index (κ2) is 12.3. The molecule has 0 atom stereocenters. The third kappa shape index (κ3) is 7.83. The van der Waals surface area contributed by atoms with Crippen LogP contribution in [0, 0.1) is 5.82 Å². The van der Waals surface area contributed by atoms with E-state index in [1.165, 1.54) is 25.3 Å². The van der Waals surface area contributed by atoms with Gasteiger partial charge in [-0.15, -0.1) is 24.0 Å². The molecule has 0 aromatic heterocycles. The first kappa shape index (κ1) is 23.9. The van der Waals surface area contributed by atoms with Crippen LogP contribution in [0.3, 0.4) is 0 Å². The molecule has 0 aliphatic rings. The van der Waals surface area contributed by atoms with Gasteiger partial charge in [0.15, 0.2) is 5.96 Å². The molecule has 2 rings (SSSR count). The number of benzene rings is 2. The second-order valence-corrected chi connectivity index (χ2v) is 5.53. The number of hydrogen-bond acceptors (Lipinski definition) is 3. The van der Waals surface area contributed by atoms with Gasteiger partial charge in [0.2, 0.25) is 0 Å². The molecule has 0 unspecified atom stereocenters. The fourth-order valence-corrected chi connectivity index (χ4v) is 2.29. The minimum atomic E-state index is -2.93. The summed E-state index contributed by atoms with van der Waals surface area (Å²) in [5, 5.41) is 6.14. The zero-order valence-electron chi connectivity index (χ0n) is 15.5. The Morgan fingerprint density at radius 1 is 1.11 bits per heavy atom. The van der Waals surface area contributed by atoms with Crippen molar-refractivity contribution < 1.29 is 22.6 Å². The van der Waals surface area contributed by atoms with Crippen molar-refractivity contribution in [1.29, 1.82) is 0 Å². The van der Waals surface area contributed by atoms with Gasteiger partial charge in [0.1, 0.15) is 17.3 Å². The van der Waals surface area contributed by atoms with E-state index in [1.807, 2.05) is 6.92 Å². The number of nitrogens with zero attached hydrogens (tertiary/aromatic N) is 1. The summed E-state index contributed by atoms with van der Waals surface area (Å²) in [6.07, 6.45) is 0. The molecule has 9 heteroatoms. The summed E-state index contributed by atoms with van der Waals surface area (Å²) in [5.74, 6) is 0.650. The number of halogens is 4. The van der Waals surface area contributed by atoms with Gasteiger partial charge in [0.25, 0.3) is 0 Å². The molecule has 0 fully saturated rings. The van der Waals surface area contributed by atoms with Crippen molar-refractivity contribution in [2.24, 2.45) is 4.99 Å². The third-order valence-electron chi connectivity index (χ3n) is 3.61. The van der Waals surface area contributed by atoms with Gasteiger partial charge in [-0.3, -0.25) is 0 Å². The van der Waals surface area contributed by atoms with Crippen molar-refractivity contribution in [3.05, 3.63) is 59.4 Å².